The zero-order chi connectivity index (χ0) is 16.2. The summed E-state index contributed by atoms with van der Waals surface area (Å²) in [4.78, 5) is 8.65. The minimum Gasteiger partial charge on any atom is -0.494 e. The number of halogens is 1. The Labute approximate surface area is 134 Å². The van der Waals surface area contributed by atoms with Gasteiger partial charge in [-0.1, -0.05) is 6.07 Å². The fraction of sp³-hybridized carbons (Fsp3) is 0.294. The van der Waals surface area contributed by atoms with Gasteiger partial charge in [-0.2, -0.15) is 5.26 Å². The largest absolute Gasteiger partial charge is 0.494 e. The van der Waals surface area contributed by atoms with Crippen LogP contribution in [0.15, 0.2) is 36.4 Å². The van der Waals surface area contributed by atoms with Crippen LogP contribution in [0, 0.1) is 17.1 Å². The molecule has 1 aliphatic rings. The summed E-state index contributed by atoms with van der Waals surface area (Å²) in [6.45, 7) is 3.12. The van der Waals surface area contributed by atoms with Gasteiger partial charge in [0.2, 0.25) is 0 Å². The number of rotatable bonds is 3. The number of methoxy groups -OCH3 is 1. The molecule has 1 aliphatic heterocycles. The first-order valence-corrected chi connectivity index (χ1v) is 7.42. The molecule has 0 aliphatic carbocycles. The van der Waals surface area contributed by atoms with Crippen LogP contribution in [0.3, 0.4) is 0 Å². The van der Waals surface area contributed by atoms with Gasteiger partial charge in [0.25, 0.3) is 0 Å². The average Bonchev–Trinajstić information content (AvgIpc) is 2.62. The lowest BCUT2D eigenvalue weighted by Gasteiger charge is -2.37. The molecule has 2 aromatic rings. The highest BCUT2D eigenvalue weighted by molar-refractivity contribution is 5.59. The molecule has 0 saturated carbocycles. The highest BCUT2D eigenvalue weighted by Crippen LogP contribution is 2.30. The minimum atomic E-state index is -0.304. The molecule has 0 spiro atoms. The molecule has 118 valence electrons. The smallest absolute Gasteiger partial charge is 0.145 e. The molecule has 0 unspecified atom stereocenters. The molecule has 23 heavy (non-hydrogen) atoms. The number of piperazine rings is 1. The molecule has 0 amide bonds. The Morgan fingerprint density at radius 3 is 2.57 bits per heavy atom. The lowest BCUT2D eigenvalue weighted by molar-refractivity contribution is 0.410. The molecular weight excluding hydrogens is 295 g/mol. The highest BCUT2D eigenvalue weighted by Gasteiger charge is 2.21. The van der Waals surface area contributed by atoms with Gasteiger partial charge in [-0.05, 0) is 24.3 Å². The second-order valence-corrected chi connectivity index (χ2v) is 5.28. The summed E-state index contributed by atoms with van der Waals surface area (Å²) in [5.41, 5.74) is 1.32. The van der Waals surface area contributed by atoms with Crippen LogP contribution < -0.4 is 14.5 Å². The van der Waals surface area contributed by atoms with E-state index in [0.29, 0.717) is 11.4 Å². The molecule has 1 aromatic carbocycles. The number of hydrogen-bond acceptors (Lipinski definition) is 5. The van der Waals surface area contributed by atoms with Gasteiger partial charge in [0.15, 0.2) is 0 Å². The highest BCUT2D eigenvalue weighted by atomic mass is 19.1. The summed E-state index contributed by atoms with van der Waals surface area (Å²) in [6.07, 6.45) is 0. The standard InChI is InChI=1S/C17H17FN4O/c1-23-16-11-13(18)5-6-15(16)21-7-9-22(10-8-21)17-4-2-3-14(12-19)20-17/h2-6,11H,7-10H2,1H3. The van der Waals surface area contributed by atoms with E-state index >= 15 is 0 Å². The van der Waals surface area contributed by atoms with E-state index in [4.69, 9.17) is 10.00 Å². The zero-order valence-electron chi connectivity index (χ0n) is 12.9. The fourth-order valence-corrected chi connectivity index (χ4v) is 2.75. The van der Waals surface area contributed by atoms with Gasteiger partial charge in [0.1, 0.15) is 29.1 Å². The number of benzene rings is 1. The van der Waals surface area contributed by atoms with Gasteiger partial charge in [-0.25, -0.2) is 9.37 Å². The normalized spacial score (nSPS) is 14.5. The third kappa shape index (κ3) is 3.19. The van der Waals surface area contributed by atoms with Crippen molar-refractivity contribution in [2.75, 3.05) is 43.1 Å². The lowest BCUT2D eigenvalue weighted by atomic mass is 10.2. The maximum absolute atomic E-state index is 13.3. The van der Waals surface area contributed by atoms with Gasteiger partial charge in [0, 0.05) is 32.2 Å². The molecule has 0 N–H and O–H groups in total. The predicted octanol–water partition coefficient (Wildman–Crippen LogP) is 2.43. The van der Waals surface area contributed by atoms with E-state index in [-0.39, 0.29) is 5.82 Å². The third-order valence-corrected chi connectivity index (χ3v) is 3.94. The van der Waals surface area contributed by atoms with Crippen molar-refractivity contribution in [2.24, 2.45) is 0 Å². The average molecular weight is 312 g/mol. The maximum atomic E-state index is 13.3. The second kappa shape index (κ2) is 6.53. The van der Waals surface area contributed by atoms with Crippen molar-refractivity contribution in [3.63, 3.8) is 0 Å². The van der Waals surface area contributed by atoms with E-state index < -0.39 is 0 Å². The summed E-state index contributed by atoms with van der Waals surface area (Å²) in [5.74, 6) is 1.06. The van der Waals surface area contributed by atoms with Crippen molar-refractivity contribution in [3.8, 4) is 11.8 Å². The molecule has 0 radical (unpaired) electrons. The van der Waals surface area contributed by atoms with Crippen molar-refractivity contribution < 1.29 is 9.13 Å². The SMILES string of the molecule is COc1cc(F)ccc1N1CCN(c2cccc(C#N)n2)CC1. The van der Waals surface area contributed by atoms with Crippen LogP contribution in [0.4, 0.5) is 15.9 Å². The minimum absolute atomic E-state index is 0.304. The Kier molecular flexibility index (Phi) is 4.29. The first-order chi connectivity index (χ1) is 11.2. The summed E-state index contributed by atoms with van der Waals surface area (Å²) in [7, 11) is 1.55. The lowest BCUT2D eigenvalue weighted by Crippen LogP contribution is -2.47. The molecule has 0 atom stereocenters. The van der Waals surface area contributed by atoms with Gasteiger partial charge in [-0.15, -0.1) is 0 Å². The Hall–Kier alpha value is -2.81. The van der Waals surface area contributed by atoms with E-state index in [1.54, 1.807) is 19.2 Å². The summed E-state index contributed by atoms with van der Waals surface area (Å²) in [5, 5.41) is 8.95. The van der Waals surface area contributed by atoms with Crippen LogP contribution in [0.1, 0.15) is 5.69 Å². The van der Waals surface area contributed by atoms with Crippen molar-refractivity contribution in [3.05, 3.63) is 47.9 Å². The summed E-state index contributed by atoms with van der Waals surface area (Å²) >= 11 is 0. The molecule has 6 heteroatoms. The number of anilines is 2. The van der Waals surface area contributed by atoms with E-state index in [9.17, 15) is 4.39 Å². The molecule has 2 heterocycles. The Morgan fingerprint density at radius 2 is 1.87 bits per heavy atom. The number of aromatic nitrogens is 1. The number of ether oxygens (including phenoxy) is 1. The number of pyridine rings is 1. The number of hydrogen-bond donors (Lipinski definition) is 0. The van der Waals surface area contributed by atoms with Gasteiger partial charge >= 0.3 is 0 Å². The quantitative estimate of drug-likeness (QED) is 0.871. The van der Waals surface area contributed by atoms with E-state index in [2.05, 4.69) is 20.9 Å². The summed E-state index contributed by atoms with van der Waals surface area (Å²) < 4.78 is 18.6. The topological polar surface area (TPSA) is 52.4 Å². The van der Waals surface area contributed by atoms with Crippen molar-refractivity contribution in [1.29, 1.82) is 5.26 Å². The van der Waals surface area contributed by atoms with Crippen LogP contribution in [-0.4, -0.2) is 38.3 Å². The van der Waals surface area contributed by atoms with Gasteiger partial charge in [-0.3, -0.25) is 0 Å². The fourth-order valence-electron chi connectivity index (χ4n) is 2.75. The summed E-state index contributed by atoms with van der Waals surface area (Å²) in [6, 6.07) is 12.1. The zero-order valence-corrected chi connectivity index (χ0v) is 12.9. The molecule has 1 saturated heterocycles. The monoisotopic (exact) mass is 312 g/mol. The second-order valence-electron chi connectivity index (χ2n) is 5.28. The Bertz CT molecular complexity index is 736. The van der Waals surface area contributed by atoms with Crippen LogP contribution in [-0.2, 0) is 0 Å². The van der Waals surface area contributed by atoms with E-state index in [0.717, 1.165) is 37.7 Å². The third-order valence-electron chi connectivity index (χ3n) is 3.94. The van der Waals surface area contributed by atoms with Crippen molar-refractivity contribution in [1.82, 2.24) is 4.98 Å². The van der Waals surface area contributed by atoms with Crippen molar-refractivity contribution >= 4 is 11.5 Å². The molecule has 1 fully saturated rings. The number of nitriles is 1. The molecule has 3 rings (SSSR count). The Morgan fingerprint density at radius 1 is 1.13 bits per heavy atom. The predicted molar refractivity (Wildman–Crippen MR) is 86.3 cm³/mol. The van der Waals surface area contributed by atoms with E-state index in [1.807, 2.05) is 12.1 Å². The van der Waals surface area contributed by atoms with Crippen LogP contribution >= 0.6 is 0 Å². The molecular formula is C17H17FN4O. The Balaban J connectivity index is 1.72. The first kappa shape index (κ1) is 15.1. The first-order valence-electron chi connectivity index (χ1n) is 7.42. The van der Waals surface area contributed by atoms with Crippen LogP contribution in [0.2, 0.25) is 0 Å². The maximum Gasteiger partial charge on any atom is 0.145 e. The van der Waals surface area contributed by atoms with Gasteiger partial charge in [0.05, 0.1) is 12.8 Å². The van der Waals surface area contributed by atoms with E-state index in [1.165, 1.54) is 12.1 Å². The molecule has 1 aromatic heterocycles. The van der Waals surface area contributed by atoms with Crippen LogP contribution in [0.25, 0.3) is 0 Å². The molecule has 0 bridgehead atoms. The number of nitrogens with zero attached hydrogens (tertiary/aromatic N) is 4. The van der Waals surface area contributed by atoms with Crippen LogP contribution in [0.5, 0.6) is 5.75 Å². The molecule has 5 nitrogen and oxygen atoms in total. The van der Waals surface area contributed by atoms with Crippen molar-refractivity contribution in [2.45, 2.75) is 0 Å². The van der Waals surface area contributed by atoms with Gasteiger partial charge < -0.3 is 14.5 Å².